The number of anilines is 3. The number of carbonyl (C=O) groups is 2. The van der Waals surface area contributed by atoms with Crippen LogP contribution in [0.5, 0.6) is 0 Å². The second kappa shape index (κ2) is 11.1. The SMILES string of the molecule is O=C(Nc1ccc(C(=O)N2CCNCC2)cc1)Nc1ccc(-c2nc(N3CCOCC3)c3[nH]ccc3n2)cc1. The highest BCUT2D eigenvalue weighted by Crippen LogP contribution is 2.28. The van der Waals surface area contributed by atoms with Crippen LogP contribution in [0.2, 0.25) is 0 Å². The van der Waals surface area contributed by atoms with Gasteiger partial charge in [-0.05, 0) is 54.6 Å². The summed E-state index contributed by atoms with van der Waals surface area (Å²) in [5.74, 6) is 1.49. The predicted molar refractivity (Wildman–Crippen MR) is 150 cm³/mol. The fourth-order valence-electron chi connectivity index (χ4n) is 4.80. The lowest BCUT2D eigenvalue weighted by atomic mass is 10.1. The Bertz CT molecular complexity index is 1460. The number of rotatable bonds is 5. The van der Waals surface area contributed by atoms with E-state index in [1.807, 2.05) is 41.4 Å². The van der Waals surface area contributed by atoms with E-state index in [-0.39, 0.29) is 11.9 Å². The zero-order chi connectivity index (χ0) is 26.6. The number of hydrogen-bond acceptors (Lipinski definition) is 7. The van der Waals surface area contributed by atoms with Crippen LogP contribution < -0.4 is 20.9 Å². The average molecular weight is 527 g/mol. The lowest BCUT2D eigenvalue weighted by Gasteiger charge is -2.28. The molecule has 2 aliphatic heterocycles. The number of ether oxygens (including phenoxy) is 1. The van der Waals surface area contributed by atoms with Gasteiger partial charge in [-0.25, -0.2) is 14.8 Å². The summed E-state index contributed by atoms with van der Waals surface area (Å²) >= 11 is 0. The number of nitrogens with one attached hydrogen (secondary N) is 4. The first-order chi connectivity index (χ1) is 19.1. The van der Waals surface area contributed by atoms with Gasteiger partial charge in [0.25, 0.3) is 5.91 Å². The topological polar surface area (TPSA) is 128 Å². The van der Waals surface area contributed by atoms with E-state index in [0.717, 1.165) is 48.6 Å². The molecule has 0 radical (unpaired) electrons. The van der Waals surface area contributed by atoms with Crippen molar-refractivity contribution in [1.29, 1.82) is 0 Å². The summed E-state index contributed by atoms with van der Waals surface area (Å²) in [6.45, 7) is 5.89. The monoisotopic (exact) mass is 526 g/mol. The third-order valence-corrected chi connectivity index (χ3v) is 6.89. The summed E-state index contributed by atoms with van der Waals surface area (Å²) in [7, 11) is 0. The summed E-state index contributed by atoms with van der Waals surface area (Å²) in [4.78, 5) is 42.1. The maximum atomic E-state index is 12.6. The van der Waals surface area contributed by atoms with E-state index >= 15 is 0 Å². The Labute approximate surface area is 225 Å². The van der Waals surface area contributed by atoms with Crippen LogP contribution in [0.1, 0.15) is 10.4 Å². The molecule has 3 amide bonds. The standard InChI is InChI=1S/C28H30N8O3/c37-27(36-13-11-29-12-14-36)20-3-7-22(8-4-20)32-28(38)31-21-5-1-19(2-6-21)25-33-23-9-10-30-24(23)26(34-25)35-15-17-39-18-16-35/h1-10,29-30H,11-18H2,(H2,31,32,38). The molecule has 0 atom stereocenters. The maximum absolute atomic E-state index is 12.6. The second-order valence-corrected chi connectivity index (χ2v) is 9.48. The summed E-state index contributed by atoms with van der Waals surface area (Å²) < 4.78 is 5.50. The van der Waals surface area contributed by atoms with Crippen molar-refractivity contribution in [3.8, 4) is 11.4 Å². The average Bonchev–Trinajstić information content (AvgIpc) is 3.47. The van der Waals surface area contributed by atoms with Crippen LogP contribution >= 0.6 is 0 Å². The smallest absolute Gasteiger partial charge is 0.323 e. The van der Waals surface area contributed by atoms with Gasteiger partial charge in [-0.1, -0.05) is 0 Å². The lowest BCUT2D eigenvalue weighted by molar-refractivity contribution is 0.0736. The van der Waals surface area contributed by atoms with E-state index in [9.17, 15) is 9.59 Å². The van der Waals surface area contributed by atoms with Crippen LogP contribution in [0.25, 0.3) is 22.4 Å². The molecule has 0 unspecified atom stereocenters. The molecule has 2 aliphatic rings. The fraction of sp³-hybridized carbons (Fsp3) is 0.286. The molecule has 0 spiro atoms. The molecule has 0 bridgehead atoms. The summed E-state index contributed by atoms with van der Waals surface area (Å²) in [6.07, 6.45) is 1.87. The molecule has 11 heteroatoms. The zero-order valence-corrected chi connectivity index (χ0v) is 21.4. The van der Waals surface area contributed by atoms with Crippen molar-refractivity contribution in [2.45, 2.75) is 0 Å². The van der Waals surface area contributed by atoms with Gasteiger partial charge in [-0.3, -0.25) is 4.79 Å². The molecule has 0 saturated carbocycles. The van der Waals surface area contributed by atoms with E-state index in [2.05, 4.69) is 25.8 Å². The number of aromatic amines is 1. The molecule has 2 fully saturated rings. The van der Waals surface area contributed by atoms with Gasteiger partial charge in [0.1, 0.15) is 5.52 Å². The third-order valence-electron chi connectivity index (χ3n) is 6.89. The highest BCUT2D eigenvalue weighted by Gasteiger charge is 2.19. The first kappa shape index (κ1) is 24.8. The molecule has 200 valence electrons. The molecule has 4 heterocycles. The Kier molecular flexibility index (Phi) is 7.07. The molecule has 39 heavy (non-hydrogen) atoms. The minimum Gasteiger partial charge on any atom is -0.378 e. The van der Waals surface area contributed by atoms with Crippen LogP contribution in [-0.2, 0) is 4.74 Å². The molecular formula is C28H30N8O3. The Morgan fingerprint density at radius 2 is 1.49 bits per heavy atom. The van der Waals surface area contributed by atoms with Gasteiger partial charge in [0.15, 0.2) is 11.6 Å². The van der Waals surface area contributed by atoms with Crippen molar-refractivity contribution < 1.29 is 14.3 Å². The van der Waals surface area contributed by atoms with E-state index in [4.69, 9.17) is 14.7 Å². The van der Waals surface area contributed by atoms with Gasteiger partial charge >= 0.3 is 6.03 Å². The minimum absolute atomic E-state index is 0.00397. The van der Waals surface area contributed by atoms with Crippen LogP contribution in [0.15, 0.2) is 60.8 Å². The Morgan fingerprint density at radius 3 is 2.18 bits per heavy atom. The number of morpholine rings is 1. The molecule has 6 rings (SSSR count). The molecule has 11 nitrogen and oxygen atoms in total. The van der Waals surface area contributed by atoms with Crippen LogP contribution in [-0.4, -0.2) is 84.3 Å². The van der Waals surface area contributed by atoms with Crippen molar-refractivity contribution >= 4 is 40.2 Å². The van der Waals surface area contributed by atoms with Gasteiger partial charge < -0.3 is 35.5 Å². The van der Waals surface area contributed by atoms with Crippen LogP contribution in [0.4, 0.5) is 22.0 Å². The summed E-state index contributed by atoms with van der Waals surface area (Å²) in [6, 6.07) is 15.9. The summed E-state index contributed by atoms with van der Waals surface area (Å²) in [5.41, 5.74) is 4.46. The van der Waals surface area contributed by atoms with Crippen molar-refractivity contribution in [2.75, 3.05) is 68.0 Å². The number of hydrogen-bond donors (Lipinski definition) is 4. The van der Waals surface area contributed by atoms with E-state index in [1.165, 1.54) is 0 Å². The number of H-pyrrole nitrogens is 1. The van der Waals surface area contributed by atoms with Crippen molar-refractivity contribution in [3.63, 3.8) is 0 Å². The van der Waals surface area contributed by atoms with E-state index in [1.54, 1.807) is 24.3 Å². The normalized spacial score (nSPS) is 15.8. The number of fused-ring (bicyclic) bond motifs is 1. The summed E-state index contributed by atoms with van der Waals surface area (Å²) in [5, 5.41) is 8.90. The minimum atomic E-state index is -0.372. The number of carbonyl (C=O) groups excluding carboxylic acids is 2. The van der Waals surface area contributed by atoms with E-state index in [0.29, 0.717) is 49.1 Å². The van der Waals surface area contributed by atoms with Crippen LogP contribution in [0.3, 0.4) is 0 Å². The van der Waals surface area contributed by atoms with Crippen molar-refractivity contribution in [3.05, 3.63) is 66.4 Å². The Balaban J connectivity index is 1.10. The molecule has 2 aromatic carbocycles. The van der Waals surface area contributed by atoms with Gasteiger partial charge in [-0.15, -0.1) is 0 Å². The van der Waals surface area contributed by atoms with Gasteiger partial charge in [0.05, 0.1) is 18.7 Å². The van der Waals surface area contributed by atoms with Crippen LogP contribution in [0, 0.1) is 0 Å². The number of urea groups is 1. The zero-order valence-electron chi connectivity index (χ0n) is 21.4. The quantitative estimate of drug-likeness (QED) is 0.315. The maximum Gasteiger partial charge on any atom is 0.323 e. The predicted octanol–water partition coefficient (Wildman–Crippen LogP) is 3.15. The Hall–Kier alpha value is -4.48. The molecule has 0 aliphatic carbocycles. The number of benzene rings is 2. The van der Waals surface area contributed by atoms with Crippen molar-refractivity contribution in [1.82, 2.24) is 25.2 Å². The largest absolute Gasteiger partial charge is 0.378 e. The lowest BCUT2D eigenvalue weighted by Crippen LogP contribution is -2.46. The molecule has 2 saturated heterocycles. The van der Waals surface area contributed by atoms with Crippen molar-refractivity contribution in [2.24, 2.45) is 0 Å². The first-order valence-corrected chi connectivity index (χ1v) is 13.1. The van der Waals surface area contributed by atoms with E-state index < -0.39 is 0 Å². The molecule has 4 aromatic rings. The number of nitrogens with zero attached hydrogens (tertiary/aromatic N) is 4. The van der Waals surface area contributed by atoms with Gasteiger partial charge in [0, 0.05) is 68.0 Å². The highest BCUT2D eigenvalue weighted by atomic mass is 16.5. The highest BCUT2D eigenvalue weighted by molar-refractivity contribution is 6.00. The molecular weight excluding hydrogens is 496 g/mol. The third kappa shape index (κ3) is 5.54. The molecule has 2 aromatic heterocycles. The number of aromatic nitrogens is 3. The number of piperazine rings is 1. The van der Waals surface area contributed by atoms with Gasteiger partial charge in [-0.2, -0.15) is 0 Å². The Morgan fingerprint density at radius 1 is 0.821 bits per heavy atom. The first-order valence-electron chi connectivity index (χ1n) is 13.1. The number of amides is 3. The van der Waals surface area contributed by atoms with Gasteiger partial charge in [0.2, 0.25) is 0 Å². The second-order valence-electron chi connectivity index (χ2n) is 9.48. The fourth-order valence-corrected chi connectivity index (χ4v) is 4.80. The molecule has 4 N–H and O–H groups in total.